The minimum Gasteiger partial charge on any atom is -0.507 e. The summed E-state index contributed by atoms with van der Waals surface area (Å²) < 4.78 is 5.74. The Bertz CT molecular complexity index is 1220. The quantitative estimate of drug-likeness (QED) is 0.184. The highest BCUT2D eigenvalue weighted by atomic mass is 16.6. The highest BCUT2D eigenvalue weighted by molar-refractivity contribution is 6.46. The zero-order valence-corrected chi connectivity index (χ0v) is 20.8. The van der Waals surface area contributed by atoms with E-state index in [1.807, 2.05) is 6.92 Å². The molecule has 0 radical (unpaired) electrons. The van der Waals surface area contributed by atoms with Gasteiger partial charge in [-0.25, -0.2) is 0 Å². The lowest BCUT2D eigenvalue weighted by molar-refractivity contribution is -0.384. The second kappa shape index (κ2) is 10.5. The highest BCUT2D eigenvalue weighted by Gasteiger charge is 2.46. The summed E-state index contributed by atoms with van der Waals surface area (Å²) in [5, 5.41) is 22.8. The number of nitro groups is 1. The first-order valence-electron chi connectivity index (χ1n) is 12.3. The molecular weight excluding hydrogens is 462 g/mol. The Hall–Kier alpha value is -3.72. The molecular formula is C27H31N3O6. The van der Waals surface area contributed by atoms with Crippen LogP contribution in [0.3, 0.4) is 0 Å². The number of non-ortho nitro benzene ring substituents is 1. The van der Waals surface area contributed by atoms with E-state index in [0.717, 1.165) is 30.9 Å². The van der Waals surface area contributed by atoms with E-state index in [4.69, 9.17) is 4.74 Å². The number of nitrogens with zero attached hydrogens (tertiary/aromatic N) is 3. The first kappa shape index (κ1) is 25.4. The molecule has 1 N–H and O–H groups in total. The van der Waals surface area contributed by atoms with Gasteiger partial charge in [-0.3, -0.25) is 19.7 Å². The van der Waals surface area contributed by atoms with Crippen LogP contribution in [0.15, 0.2) is 48.0 Å². The number of carbonyl (C=O) groups excluding carboxylic acids is 2. The van der Waals surface area contributed by atoms with Gasteiger partial charge in [-0.1, -0.05) is 26.0 Å². The van der Waals surface area contributed by atoms with Crippen molar-refractivity contribution in [1.29, 1.82) is 0 Å². The number of amides is 1. The molecule has 0 spiro atoms. The van der Waals surface area contributed by atoms with Crippen molar-refractivity contribution < 1.29 is 24.4 Å². The van der Waals surface area contributed by atoms with Gasteiger partial charge >= 0.3 is 0 Å². The maximum Gasteiger partial charge on any atom is 0.295 e. The molecule has 0 aliphatic carbocycles. The van der Waals surface area contributed by atoms with Crippen molar-refractivity contribution in [3.63, 3.8) is 0 Å². The van der Waals surface area contributed by atoms with E-state index in [2.05, 4.69) is 18.7 Å². The van der Waals surface area contributed by atoms with Crippen LogP contribution in [0, 0.1) is 10.1 Å². The van der Waals surface area contributed by atoms with Gasteiger partial charge in [0.25, 0.3) is 17.4 Å². The lowest BCUT2D eigenvalue weighted by Gasteiger charge is -2.26. The van der Waals surface area contributed by atoms with E-state index in [1.54, 1.807) is 24.3 Å². The normalized spacial score (nSPS) is 20.6. The number of hydrogen-bond acceptors (Lipinski definition) is 7. The molecule has 2 aromatic rings. The van der Waals surface area contributed by atoms with E-state index < -0.39 is 22.7 Å². The number of benzene rings is 2. The third-order valence-electron chi connectivity index (χ3n) is 6.87. The van der Waals surface area contributed by atoms with Crippen LogP contribution in [-0.4, -0.2) is 63.8 Å². The van der Waals surface area contributed by atoms with Crippen LogP contribution in [0.4, 0.5) is 5.69 Å². The molecule has 9 nitrogen and oxygen atoms in total. The zero-order chi connectivity index (χ0) is 26.0. The van der Waals surface area contributed by atoms with Gasteiger partial charge in [0, 0.05) is 30.7 Å². The molecule has 2 aliphatic heterocycles. The number of aliphatic hydroxyl groups is 1. The number of likely N-dealkylation sites (tertiary alicyclic amines) is 1. The molecule has 190 valence electrons. The van der Waals surface area contributed by atoms with Crippen molar-refractivity contribution in [3.05, 3.63) is 74.8 Å². The number of hydrogen-bond donors (Lipinski definition) is 1. The molecule has 0 bridgehead atoms. The molecule has 1 fully saturated rings. The van der Waals surface area contributed by atoms with E-state index in [-0.39, 0.29) is 29.7 Å². The van der Waals surface area contributed by atoms with Gasteiger partial charge in [0.2, 0.25) is 0 Å². The van der Waals surface area contributed by atoms with Gasteiger partial charge in [0.1, 0.15) is 17.6 Å². The second-order valence-electron chi connectivity index (χ2n) is 9.18. The molecule has 2 heterocycles. The van der Waals surface area contributed by atoms with Gasteiger partial charge in [-0.15, -0.1) is 0 Å². The number of fused-ring (bicyclic) bond motifs is 1. The summed E-state index contributed by atoms with van der Waals surface area (Å²) in [6, 6.07) is 10.1. The Labute approximate surface area is 210 Å². The molecule has 2 atom stereocenters. The van der Waals surface area contributed by atoms with Crippen molar-refractivity contribution >= 4 is 23.1 Å². The predicted octanol–water partition coefficient (Wildman–Crippen LogP) is 4.07. The van der Waals surface area contributed by atoms with E-state index in [1.165, 1.54) is 23.1 Å². The van der Waals surface area contributed by atoms with Crippen molar-refractivity contribution in [2.75, 3.05) is 26.2 Å². The predicted molar refractivity (Wildman–Crippen MR) is 135 cm³/mol. The lowest BCUT2D eigenvalue weighted by Crippen LogP contribution is -2.33. The molecule has 0 unspecified atom stereocenters. The molecule has 0 aromatic heterocycles. The van der Waals surface area contributed by atoms with Gasteiger partial charge in [-0.2, -0.15) is 0 Å². The molecule has 1 saturated heterocycles. The summed E-state index contributed by atoms with van der Waals surface area (Å²) in [7, 11) is 0. The van der Waals surface area contributed by atoms with Gasteiger partial charge in [-0.05, 0) is 62.3 Å². The number of aliphatic hydroxyl groups excluding tert-OH is 1. The third-order valence-corrected chi connectivity index (χ3v) is 6.87. The van der Waals surface area contributed by atoms with Crippen LogP contribution in [0.25, 0.3) is 5.76 Å². The minimum atomic E-state index is -0.926. The fourth-order valence-corrected chi connectivity index (χ4v) is 4.99. The van der Waals surface area contributed by atoms with E-state index in [0.29, 0.717) is 24.0 Å². The zero-order valence-electron chi connectivity index (χ0n) is 20.8. The topological polar surface area (TPSA) is 113 Å². The molecule has 9 heteroatoms. The van der Waals surface area contributed by atoms with Crippen LogP contribution < -0.4 is 4.74 Å². The fraction of sp³-hybridized carbons (Fsp3) is 0.407. The molecule has 2 aromatic carbocycles. The van der Waals surface area contributed by atoms with Crippen molar-refractivity contribution in [2.24, 2.45) is 0 Å². The Morgan fingerprint density at radius 3 is 2.64 bits per heavy atom. The van der Waals surface area contributed by atoms with Crippen LogP contribution in [0.1, 0.15) is 49.9 Å². The second-order valence-corrected chi connectivity index (χ2v) is 9.18. The van der Waals surface area contributed by atoms with Gasteiger partial charge in [0.05, 0.1) is 16.5 Å². The Kier molecular flexibility index (Phi) is 7.40. The van der Waals surface area contributed by atoms with Crippen LogP contribution in [0.5, 0.6) is 5.75 Å². The smallest absolute Gasteiger partial charge is 0.295 e. The average molecular weight is 494 g/mol. The minimum absolute atomic E-state index is 0.0126. The van der Waals surface area contributed by atoms with Gasteiger partial charge in [0.15, 0.2) is 0 Å². The summed E-state index contributed by atoms with van der Waals surface area (Å²) in [6.07, 6.45) is 1.30. The lowest BCUT2D eigenvalue weighted by atomic mass is 9.94. The maximum atomic E-state index is 13.3. The summed E-state index contributed by atoms with van der Waals surface area (Å²) in [4.78, 5) is 41.0. The number of carbonyl (C=O) groups is 2. The van der Waals surface area contributed by atoms with Crippen LogP contribution >= 0.6 is 0 Å². The van der Waals surface area contributed by atoms with Crippen molar-refractivity contribution in [2.45, 2.75) is 45.8 Å². The van der Waals surface area contributed by atoms with Crippen molar-refractivity contribution in [1.82, 2.24) is 9.80 Å². The maximum absolute atomic E-state index is 13.3. The standard InChI is InChI=1S/C27H31N3O6/c1-4-28(5-2)12-7-13-29-24(18-8-6-9-21(16-18)30(34)35)23(26(32)27(29)33)25(31)19-10-11-22-20(15-19)14-17(3)36-22/h6,8-11,15-17,24,31H,4-5,7,12-14H2,1-3H3/b25-23+/t17-,24-/m0/s1. The first-order chi connectivity index (χ1) is 17.2. The van der Waals surface area contributed by atoms with Crippen LogP contribution in [-0.2, 0) is 16.0 Å². The van der Waals surface area contributed by atoms with E-state index in [9.17, 15) is 24.8 Å². The van der Waals surface area contributed by atoms with Gasteiger partial charge < -0.3 is 19.6 Å². The summed E-state index contributed by atoms with van der Waals surface area (Å²) in [5.74, 6) is -1.08. The highest BCUT2D eigenvalue weighted by Crippen LogP contribution is 2.41. The number of ether oxygens (including phenoxy) is 1. The fourth-order valence-electron chi connectivity index (χ4n) is 4.99. The molecule has 4 rings (SSSR count). The number of ketones is 1. The Balaban J connectivity index is 1.77. The third kappa shape index (κ3) is 4.83. The van der Waals surface area contributed by atoms with Crippen LogP contribution in [0.2, 0.25) is 0 Å². The Morgan fingerprint density at radius 1 is 1.19 bits per heavy atom. The number of rotatable bonds is 9. The summed E-state index contributed by atoms with van der Waals surface area (Å²) in [5.41, 5.74) is 1.51. The number of Topliss-reactive ketones (excluding diaryl/α,β-unsaturated/α-hetero) is 1. The summed E-state index contributed by atoms with van der Waals surface area (Å²) >= 11 is 0. The van der Waals surface area contributed by atoms with E-state index >= 15 is 0 Å². The Morgan fingerprint density at radius 2 is 1.94 bits per heavy atom. The molecule has 0 saturated carbocycles. The van der Waals surface area contributed by atoms with Crippen molar-refractivity contribution in [3.8, 4) is 5.75 Å². The number of nitro benzene ring substituents is 1. The monoisotopic (exact) mass is 493 g/mol. The molecule has 36 heavy (non-hydrogen) atoms. The largest absolute Gasteiger partial charge is 0.507 e. The first-order valence-corrected chi connectivity index (χ1v) is 12.3. The average Bonchev–Trinajstić information content (AvgIpc) is 3.37. The summed E-state index contributed by atoms with van der Waals surface area (Å²) in [6.45, 7) is 8.81. The molecule has 1 amide bonds. The SMILES string of the molecule is CCN(CC)CCCN1C(=O)C(=O)/C(=C(/O)c2ccc3c(c2)C[C@H](C)O3)[C@@H]1c1cccc([N+](=O)[O-])c1. The molecule has 2 aliphatic rings.